The van der Waals surface area contributed by atoms with Gasteiger partial charge in [0.15, 0.2) is 0 Å². The van der Waals surface area contributed by atoms with Crippen LogP contribution in [0.15, 0.2) is 4.40 Å². The first kappa shape index (κ1) is 12.1. The summed E-state index contributed by atoms with van der Waals surface area (Å²) < 4.78 is 41.0. The Kier molecular flexibility index (Phi) is 2.72. The highest BCUT2D eigenvalue weighted by atomic mass is 32.2. The van der Waals surface area contributed by atoms with Crippen LogP contribution in [0.2, 0.25) is 0 Å². The van der Waals surface area contributed by atoms with E-state index in [4.69, 9.17) is 0 Å². The Labute approximate surface area is 97.1 Å². The number of nitrogens with zero attached hydrogens (tertiary/aromatic N) is 1. The van der Waals surface area contributed by atoms with Crippen molar-refractivity contribution in [1.82, 2.24) is 0 Å². The Hall–Kier alpha value is -0.320. The van der Waals surface area contributed by atoms with Crippen molar-refractivity contribution in [3.63, 3.8) is 0 Å². The second kappa shape index (κ2) is 3.59. The van der Waals surface area contributed by atoms with Gasteiger partial charge in [-0.2, -0.15) is 4.40 Å². The van der Waals surface area contributed by atoms with Crippen LogP contribution >= 0.6 is 0 Å². The molecule has 0 bridgehead atoms. The Bertz CT molecular complexity index is 334. The fraction of sp³-hybridized carbons (Fsp3) is 0.909. The third-order valence-corrected chi connectivity index (χ3v) is 4.68. The van der Waals surface area contributed by atoms with Gasteiger partial charge in [0, 0.05) is 25.0 Å². The molecule has 0 radical (unpaired) electrons. The van der Waals surface area contributed by atoms with E-state index in [0.29, 0.717) is 0 Å². The average Bonchev–Trinajstić information content (AvgIpc) is 2.57. The molecular weight excluding hydrogens is 232 g/mol. The molecule has 0 aromatic heterocycles. The molecule has 1 unspecified atom stereocenters. The van der Waals surface area contributed by atoms with Crippen LogP contribution in [-0.4, -0.2) is 21.1 Å². The quantitative estimate of drug-likeness (QED) is 0.692. The molecule has 0 saturated heterocycles. The molecule has 2 nitrogen and oxygen atoms in total. The summed E-state index contributed by atoms with van der Waals surface area (Å²) >= 11 is 0. The average molecular weight is 249 g/mol. The highest BCUT2D eigenvalue weighted by molar-refractivity contribution is 7.85. The number of halogens is 2. The van der Waals surface area contributed by atoms with Crippen molar-refractivity contribution < 1.29 is 13.0 Å². The Morgan fingerprint density at radius 2 is 1.81 bits per heavy atom. The molecule has 2 fully saturated rings. The van der Waals surface area contributed by atoms with Crippen molar-refractivity contribution >= 4 is 17.2 Å². The molecular formula is C11H17F2NOS. The summed E-state index contributed by atoms with van der Waals surface area (Å²) in [4.78, 5) is 0. The minimum atomic E-state index is -2.47. The van der Waals surface area contributed by atoms with Crippen molar-refractivity contribution in [2.75, 3.05) is 0 Å². The van der Waals surface area contributed by atoms with E-state index in [0.717, 1.165) is 0 Å². The topological polar surface area (TPSA) is 29.4 Å². The van der Waals surface area contributed by atoms with Gasteiger partial charge in [-0.1, -0.05) is 0 Å². The molecule has 0 N–H and O–H groups in total. The smallest absolute Gasteiger partial charge is 0.234 e. The fourth-order valence-electron chi connectivity index (χ4n) is 2.33. The van der Waals surface area contributed by atoms with Gasteiger partial charge in [-0.3, -0.25) is 0 Å². The zero-order valence-electron chi connectivity index (χ0n) is 9.74. The molecule has 0 aromatic carbocycles. The Morgan fingerprint density at radius 1 is 1.31 bits per heavy atom. The highest BCUT2D eigenvalue weighted by Gasteiger charge is 2.62. The van der Waals surface area contributed by atoms with Crippen LogP contribution in [0.5, 0.6) is 0 Å². The number of hydrogen-bond acceptors (Lipinski definition) is 1. The van der Waals surface area contributed by atoms with Gasteiger partial charge >= 0.3 is 0 Å². The molecule has 2 rings (SSSR count). The molecule has 2 aliphatic carbocycles. The minimum absolute atomic E-state index is 0.0174. The molecule has 16 heavy (non-hydrogen) atoms. The summed E-state index contributed by atoms with van der Waals surface area (Å²) in [5.41, 5.74) is 0. The van der Waals surface area contributed by atoms with Gasteiger partial charge in [0.25, 0.3) is 0 Å². The van der Waals surface area contributed by atoms with Crippen molar-refractivity contribution in [2.24, 2.45) is 22.2 Å². The maximum atomic E-state index is 12.9. The van der Waals surface area contributed by atoms with E-state index in [2.05, 4.69) is 4.40 Å². The summed E-state index contributed by atoms with van der Waals surface area (Å²) in [6, 6.07) is 0. The maximum absolute atomic E-state index is 12.9. The van der Waals surface area contributed by atoms with Gasteiger partial charge in [0.1, 0.15) is 11.0 Å². The van der Waals surface area contributed by atoms with E-state index >= 15 is 0 Å². The van der Waals surface area contributed by atoms with Crippen LogP contribution in [-0.2, 0) is 11.0 Å². The first-order valence-corrected chi connectivity index (χ1v) is 6.65. The molecule has 5 heteroatoms. The van der Waals surface area contributed by atoms with Gasteiger partial charge in [0.2, 0.25) is 5.92 Å². The van der Waals surface area contributed by atoms with Crippen molar-refractivity contribution in [2.45, 2.75) is 44.3 Å². The second-order valence-electron chi connectivity index (χ2n) is 5.79. The fourth-order valence-corrected chi connectivity index (χ4v) is 2.89. The zero-order chi connectivity index (χ0) is 12.1. The van der Waals surface area contributed by atoms with Gasteiger partial charge < -0.3 is 0 Å². The van der Waals surface area contributed by atoms with E-state index in [9.17, 15) is 13.0 Å². The summed E-state index contributed by atoms with van der Waals surface area (Å²) in [6.45, 7) is 5.55. The first-order valence-electron chi connectivity index (χ1n) is 5.55. The summed E-state index contributed by atoms with van der Waals surface area (Å²) in [7, 11) is -1.26. The predicted molar refractivity (Wildman–Crippen MR) is 61.0 cm³/mol. The molecule has 92 valence electrons. The number of hydrogen-bond donors (Lipinski definition) is 0. The number of rotatable bonds is 2. The molecule has 2 saturated carbocycles. The molecule has 0 aromatic rings. The van der Waals surface area contributed by atoms with Crippen molar-refractivity contribution in [3.8, 4) is 0 Å². The summed E-state index contributed by atoms with van der Waals surface area (Å²) in [6.07, 6.45) is 1.61. The molecule has 2 aliphatic rings. The lowest BCUT2D eigenvalue weighted by Crippen LogP contribution is -2.20. The zero-order valence-corrected chi connectivity index (χ0v) is 10.6. The second-order valence-corrected chi connectivity index (χ2v) is 7.72. The lowest BCUT2D eigenvalue weighted by atomic mass is 10.1. The van der Waals surface area contributed by atoms with E-state index in [1.54, 1.807) is 6.21 Å². The SMILES string of the molecule is CC(C)(C)[S@@](=O)/N=C/C1[C@H]2CC(F)(F)C[C@@H]12. The lowest BCUT2D eigenvalue weighted by molar-refractivity contribution is -0.00557. The van der Waals surface area contributed by atoms with Crippen LogP contribution in [0.4, 0.5) is 8.78 Å². The van der Waals surface area contributed by atoms with Gasteiger partial charge in [-0.05, 0) is 32.6 Å². The predicted octanol–water partition coefficient (Wildman–Crippen LogP) is 2.81. The van der Waals surface area contributed by atoms with Crippen molar-refractivity contribution in [1.29, 1.82) is 0 Å². The van der Waals surface area contributed by atoms with Crippen LogP contribution in [0.25, 0.3) is 0 Å². The normalized spacial score (nSPS) is 38.7. The van der Waals surface area contributed by atoms with Gasteiger partial charge in [-0.25, -0.2) is 13.0 Å². The molecule has 4 atom stereocenters. The molecule has 0 amide bonds. The monoisotopic (exact) mass is 249 g/mol. The van der Waals surface area contributed by atoms with Gasteiger partial charge in [0.05, 0.1) is 4.75 Å². The lowest BCUT2D eigenvalue weighted by Gasteiger charge is -2.13. The van der Waals surface area contributed by atoms with Crippen LogP contribution in [0.3, 0.4) is 0 Å². The summed E-state index contributed by atoms with van der Waals surface area (Å²) in [5, 5.41) is 0. The van der Waals surface area contributed by atoms with Gasteiger partial charge in [-0.15, -0.1) is 0 Å². The third kappa shape index (κ3) is 2.34. The third-order valence-electron chi connectivity index (χ3n) is 3.32. The molecule has 0 heterocycles. The van der Waals surface area contributed by atoms with Crippen LogP contribution in [0.1, 0.15) is 33.6 Å². The van der Waals surface area contributed by atoms with E-state index in [-0.39, 0.29) is 35.3 Å². The standard InChI is InChI=1S/C11H17F2NOS/c1-10(2,3)16(15)14-6-9-7-4-11(12,13)5-8(7)9/h6-9H,4-5H2,1-3H3/b14-6+/t7-,8+,9?,16-/m1/s1. The van der Waals surface area contributed by atoms with Crippen LogP contribution in [0, 0.1) is 17.8 Å². The van der Waals surface area contributed by atoms with Crippen LogP contribution < -0.4 is 0 Å². The number of fused-ring (bicyclic) bond motifs is 1. The maximum Gasteiger partial charge on any atom is 0.248 e. The molecule has 0 spiro atoms. The van der Waals surface area contributed by atoms with E-state index in [1.165, 1.54) is 0 Å². The van der Waals surface area contributed by atoms with E-state index < -0.39 is 16.9 Å². The van der Waals surface area contributed by atoms with Crippen molar-refractivity contribution in [3.05, 3.63) is 0 Å². The largest absolute Gasteiger partial charge is 0.248 e. The minimum Gasteiger partial charge on any atom is -0.234 e. The highest BCUT2D eigenvalue weighted by Crippen LogP contribution is 2.61. The van der Waals surface area contributed by atoms with E-state index in [1.807, 2.05) is 20.8 Å². The molecule has 0 aliphatic heterocycles. The number of alkyl halides is 2. The Morgan fingerprint density at radius 3 is 2.25 bits per heavy atom. The Balaban J connectivity index is 1.88. The first-order chi connectivity index (χ1) is 7.21. The summed E-state index contributed by atoms with van der Waals surface area (Å²) in [5.74, 6) is -2.17.